The zero-order valence-corrected chi connectivity index (χ0v) is 8.08. The van der Waals surface area contributed by atoms with Crippen LogP contribution in [0.3, 0.4) is 0 Å². The number of amides is 2. The van der Waals surface area contributed by atoms with Gasteiger partial charge in [0.2, 0.25) is 12.3 Å². The Morgan fingerprint density at radius 1 is 1.25 bits per heavy atom. The SMILES string of the molecule is O=CNC(=O)c1nnc(-c2ccccc2)o1. The maximum Gasteiger partial charge on any atom is 0.315 e. The van der Waals surface area contributed by atoms with Crippen LogP contribution in [0.2, 0.25) is 0 Å². The molecule has 6 nitrogen and oxygen atoms in total. The average Bonchev–Trinajstić information content (AvgIpc) is 2.80. The summed E-state index contributed by atoms with van der Waals surface area (Å²) in [5.41, 5.74) is 0.708. The minimum Gasteiger partial charge on any atom is -0.412 e. The minimum atomic E-state index is -0.718. The summed E-state index contributed by atoms with van der Waals surface area (Å²) in [6.45, 7) is 0. The van der Waals surface area contributed by atoms with E-state index in [1.807, 2.05) is 23.5 Å². The summed E-state index contributed by atoms with van der Waals surface area (Å²) < 4.78 is 5.09. The highest BCUT2D eigenvalue weighted by Gasteiger charge is 2.14. The van der Waals surface area contributed by atoms with Gasteiger partial charge in [-0.3, -0.25) is 14.9 Å². The van der Waals surface area contributed by atoms with Gasteiger partial charge in [0.15, 0.2) is 0 Å². The van der Waals surface area contributed by atoms with Crippen LogP contribution in [0.4, 0.5) is 0 Å². The Bertz CT molecular complexity index is 507. The number of hydrogen-bond acceptors (Lipinski definition) is 5. The first kappa shape index (κ1) is 10.0. The predicted octanol–water partition coefficient (Wildman–Crippen LogP) is 0.623. The molecular weight excluding hydrogens is 210 g/mol. The summed E-state index contributed by atoms with van der Waals surface area (Å²) in [5, 5.41) is 9.13. The molecule has 2 rings (SSSR count). The van der Waals surface area contributed by atoms with Crippen molar-refractivity contribution >= 4 is 12.3 Å². The van der Waals surface area contributed by atoms with E-state index >= 15 is 0 Å². The molecule has 0 fully saturated rings. The van der Waals surface area contributed by atoms with Gasteiger partial charge in [-0.2, -0.15) is 0 Å². The molecule has 6 heteroatoms. The first-order valence-corrected chi connectivity index (χ1v) is 4.44. The van der Waals surface area contributed by atoms with E-state index in [4.69, 9.17) is 4.42 Å². The maximum atomic E-state index is 11.2. The van der Waals surface area contributed by atoms with Crippen LogP contribution in [-0.4, -0.2) is 22.5 Å². The van der Waals surface area contributed by atoms with Gasteiger partial charge in [0.25, 0.3) is 0 Å². The van der Waals surface area contributed by atoms with Gasteiger partial charge >= 0.3 is 11.8 Å². The summed E-state index contributed by atoms with van der Waals surface area (Å²) in [4.78, 5) is 21.2. The number of carbonyl (C=O) groups excluding carboxylic acids is 2. The smallest absolute Gasteiger partial charge is 0.315 e. The molecule has 0 aliphatic carbocycles. The van der Waals surface area contributed by atoms with Gasteiger partial charge in [-0.25, -0.2) is 0 Å². The zero-order chi connectivity index (χ0) is 11.4. The molecule has 0 bridgehead atoms. The van der Waals surface area contributed by atoms with Crippen LogP contribution in [0.1, 0.15) is 10.7 Å². The largest absolute Gasteiger partial charge is 0.412 e. The highest BCUT2D eigenvalue weighted by molar-refractivity contribution is 5.96. The summed E-state index contributed by atoms with van der Waals surface area (Å²) in [6.07, 6.45) is 0.259. The maximum absolute atomic E-state index is 11.2. The molecule has 1 aromatic carbocycles. The van der Waals surface area contributed by atoms with Crippen molar-refractivity contribution in [3.63, 3.8) is 0 Å². The molecule has 16 heavy (non-hydrogen) atoms. The van der Waals surface area contributed by atoms with Crippen LogP contribution < -0.4 is 5.32 Å². The molecule has 2 amide bonds. The molecular formula is C10H7N3O3. The number of rotatable bonds is 3. The minimum absolute atomic E-state index is 0.233. The van der Waals surface area contributed by atoms with Gasteiger partial charge < -0.3 is 4.42 Å². The summed E-state index contributed by atoms with van der Waals surface area (Å²) in [6, 6.07) is 9.01. The lowest BCUT2D eigenvalue weighted by atomic mass is 10.2. The number of carbonyl (C=O) groups is 2. The third-order valence-corrected chi connectivity index (χ3v) is 1.83. The topological polar surface area (TPSA) is 85.1 Å². The molecule has 80 valence electrons. The number of benzene rings is 1. The predicted molar refractivity (Wildman–Crippen MR) is 53.3 cm³/mol. The van der Waals surface area contributed by atoms with Gasteiger partial charge in [-0.1, -0.05) is 18.2 Å². The highest BCUT2D eigenvalue weighted by atomic mass is 16.4. The molecule has 0 saturated heterocycles. The average molecular weight is 217 g/mol. The van der Waals surface area contributed by atoms with Gasteiger partial charge in [0.05, 0.1) is 0 Å². The van der Waals surface area contributed by atoms with Crippen LogP contribution in [0, 0.1) is 0 Å². The van der Waals surface area contributed by atoms with Crippen molar-refractivity contribution in [2.45, 2.75) is 0 Å². The van der Waals surface area contributed by atoms with E-state index in [1.54, 1.807) is 12.1 Å². The summed E-state index contributed by atoms with van der Waals surface area (Å²) in [7, 11) is 0. The van der Waals surface area contributed by atoms with Crippen molar-refractivity contribution in [1.82, 2.24) is 15.5 Å². The number of hydrogen-bond donors (Lipinski definition) is 1. The van der Waals surface area contributed by atoms with E-state index in [9.17, 15) is 9.59 Å². The normalized spacial score (nSPS) is 9.75. The van der Waals surface area contributed by atoms with Crippen molar-refractivity contribution in [2.75, 3.05) is 0 Å². The summed E-state index contributed by atoms with van der Waals surface area (Å²) in [5.74, 6) is -0.729. The Labute approximate surface area is 90.3 Å². The van der Waals surface area contributed by atoms with Crippen molar-refractivity contribution in [3.05, 3.63) is 36.2 Å². The fourth-order valence-corrected chi connectivity index (χ4v) is 1.13. The van der Waals surface area contributed by atoms with Gasteiger partial charge in [-0.15, -0.1) is 10.2 Å². The lowest BCUT2D eigenvalue weighted by Gasteiger charge is -1.92. The third-order valence-electron chi connectivity index (χ3n) is 1.83. The molecule has 0 unspecified atom stereocenters. The van der Waals surface area contributed by atoms with Gasteiger partial charge in [0, 0.05) is 5.56 Å². The van der Waals surface area contributed by atoms with Gasteiger partial charge in [0.1, 0.15) is 0 Å². The van der Waals surface area contributed by atoms with Crippen molar-refractivity contribution in [2.24, 2.45) is 0 Å². The number of nitrogens with one attached hydrogen (secondary N) is 1. The highest BCUT2D eigenvalue weighted by Crippen LogP contribution is 2.16. The second-order valence-electron chi connectivity index (χ2n) is 2.87. The van der Waals surface area contributed by atoms with Crippen LogP contribution in [-0.2, 0) is 4.79 Å². The van der Waals surface area contributed by atoms with E-state index in [1.165, 1.54) is 0 Å². The van der Waals surface area contributed by atoms with E-state index in [2.05, 4.69) is 10.2 Å². The van der Waals surface area contributed by atoms with Crippen LogP contribution in [0.25, 0.3) is 11.5 Å². The number of aromatic nitrogens is 2. The molecule has 0 aliphatic heterocycles. The van der Waals surface area contributed by atoms with Crippen molar-refractivity contribution in [3.8, 4) is 11.5 Å². The standard InChI is InChI=1S/C10H7N3O3/c14-6-11-8(15)10-13-12-9(16-10)7-4-2-1-3-5-7/h1-6H,(H,11,14,15). The second kappa shape index (κ2) is 4.35. The Morgan fingerprint density at radius 2 is 2.00 bits per heavy atom. The van der Waals surface area contributed by atoms with Crippen LogP contribution in [0.5, 0.6) is 0 Å². The second-order valence-corrected chi connectivity index (χ2v) is 2.87. The van der Waals surface area contributed by atoms with Crippen molar-refractivity contribution in [1.29, 1.82) is 0 Å². The molecule has 0 spiro atoms. The Morgan fingerprint density at radius 3 is 2.69 bits per heavy atom. The fourth-order valence-electron chi connectivity index (χ4n) is 1.13. The van der Waals surface area contributed by atoms with Crippen LogP contribution in [0.15, 0.2) is 34.7 Å². The molecule has 1 heterocycles. The van der Waals surface area contributed by atoms with Gasteiger partial charge in [-0.05, 0) is 12.1 Å². The molecule has 0 radical (unpaired) electrons. The molecule has 1 aromatic heterocycles. The lowest BCUT2D eigenvalue weighted by Crippen LogP contribution is -2.21. The lowest BCUT2D eigenvalue weighted by molar-refractivity contribution is -0.108. The quantitative estimate of drug-likeness (QED) is 0.762. The first-order valence-electron chi connectivity index (χ1n) is 4.44. The Balaban J connectivity index is 2.26. The fraction of sp³-hybridized carbons (Fsp3) is 0. The van der Waals surface area contributed by atoms with E-state index in [0.717, 1.165) is 0 Å². The third kappa shape index (κ3) is 1.95. The van der Waals surface area contributed by atoms with E-state index < -0.39 is 5.91 Å². The first-order chi connectivity index (χ1) is 7.81. The molecule has 2 aromatic rings. The van der Waals surface area contributed by atoms with Crippen LogP contribution >= 0.6 is 0 Å². The summed E-state index contributed by atoms with van der Waals surface area (Å²) >= 11 is 0. The van der Waals surface area contributed by atoms with E-state index in [0.29, 0.717) is 5.56 Å². The Kier molecular flexibility index (Phi) is 2.73. The molecule has 0 saturated carbocycles. The van der Waals surface area contributed by atoms with Crippen molar-refractivity contribution < 1.29 is 14.0 Å². The number of nitrogens with zero attached hydrogens (tertiary/aromatic N) is 2. The molecule has 1 N–H and O–H groups in total. The zero-order valence-electron chi connectivity index (χ0n) is 8.08. The Hall–Kier alpha value is -2.50. The molecule has 0 atom stereocenters. The van der Waals surface area contributed by atoms with E-state index in [-0.39, 0.29) is 18.2 Å². The molecule has 0 aliphatic rings. The number of imide groups is 1. The monoisotopic (exact) mass is 217 g/mol.